The van der Waals surface area contributed by atoms with Crippen LogP contribution in [-0.4, -0.2) is 37.2 Å². The van der Waals surface area contributed by atoms with Crippen molar-refractivity contribution in [1.82, 2.24) is 0 Å². The predicted molar refractivity (Wildman–Crippen MR) is 316 cm³/mol. The van der Waals surface area contributed by atoms with E-state index in [1.807, 2.05) is 0 Å². The fourth-order valence-electron chi connectivity index (χ4n) is 7.60. The van der Waals surface area contributed by atoms with Gasteiger partial charge in [-0.05, 0) is 141 Å². The molecule has 0 saturated carbocycles. The van der Waals surface area contributed by atoms with Crippen LogP contribution in [-0.2, 0) is 28.6 Å². The van der Waals surface area contributed by atoms with Crippen LogP contribution in [0.5, 0.6) is 0 Å². The topological polar surface area (TPSA) is 78.9 Å². The van der Waals surface area contributed by atoms with Crippen molar-refractivity contribution in [3.63, 3.8) is 0 Å². The van der Waals surface area contributed by atoms with Gasteiger partial charge in [-0.15, -0.1) is 0 Å². The summed E-state index contributed by atoms with van der Waals surface area (Å²) in [6, 6.07) is 0. The van der Waals surface area contributed by atoms with Crippen molar-refractivity contribution >= 4 is 17.9 Å². The molecule has 0 N–H and O–H groups in total. The van der Waals surface area contributed by atoms with Crippen molar-refractivity contribution in [3.05, 3.63) is 134 Å². The highest BCUT2D eigenvalue weighted by Crippen LogP contribution is 2.12. The quantitative estimate of drug-likeness (QED) is 0.0261. The van der Waals surface area contributed by atoms with Crippen molar-refractivity contribution in [2.24, 2.45) is 0 Å². The monoisotopic (exact) mass is 1010 g/mol. The molecule has 0 fully saturated rings. The Kier molecular flexibility index (Phi) is 56.4. The van der Waals surface area contributed by atoms with Gasteiger partial charge in [0.25, 0.3) is 0 Å². The Morgan fingerprint density at radius 2 is 0.507 bits per heavy atom. The third-order valence-corrected chi connectivity index (χ3v) is 12.1. The van der Waals surface area contributed by atoms with Gasteiger partial charge in [-0.1, -0.05) is 225 Å². The highest BCUT2D eigenvalue weighted by Gasteiger charge is 2.19. The number of hydrogen-bond donors (Lipinski definition) is 0. The molecule has 1 atom stereocenters. The molecule has 0 spiro atoms. The van der Waals surface area contributed by atoms with Crippen LogP contribution in [0.15, 0.2) is 134 Å². The van der Waals surface area contributed by atoms with E-state index in [0.717, 1.165) is 103 Å². The zero-order chi connectivity index (χ0) is 52.9. The summed E-state index contributed by atoms with van der Waals surface area (Å²) in [6.45, 7) is 6.47. The first-order valence-corrected chi connectivity index (χ1v) is 29.7. The summed E-state index contributed by atoms with van der Waals surface area (Å²) in [6.07, 6.45) is 84.4. The van der Waals surface area contributed by atoms with Gasteiger partial charge >= 0.3 is 17.9 Å². The largest absolute Gasteiger partial charge is 0.462 e. The van der Waals surface area contributed by atoms with Crippen LogP contribution in [0.4, 0.5) is 0 Å². The summed E-state index contributed by atoms with van der Waals surface area (Å²) in [5, 5.41) is 0. The average molecular weight is 1010 g/mol. The predicted octanol–water partition coefficient (Wildman–Crippen LogP) is 20.2. The van der Waals surface area contributed by atoms with E-state index < -0.39 is 6.10 Å². The van der Waals surface area contributed by atoms with E-state index in [9.17, 15) is 14.4 Å². The van der Waals surface area contributed by atoms with Gasteiger partial charge in [0.15, 0.2) is 6.10 Å². The van der Waals surface area contributed by atoms with E-state index in [1.54, 1.807) is 0 Å². The highest BCUT2D eigenvalue weighted by atomic mass is 16.6. The van der Waals surface area contributed by atoms with E-state index in [0.29, 0.717) is 19.3 Å². The minimum absolute atomic E-state index is 0.128. The number of carbonyl (C=O) groups is 3. The number of rotatable bonds is 52. The molecule has 6 nitrogen and oxygen atoms in total. The lowest BCUT2D eigenvalue weighted by atomic mass is 10.1. The summed E-state index contributed by atoms with van der Waals surface area (Å²) in [4.78, 5) is 38.2. The minimum Gasteiger partial charge on any atom is -0.462 e. The van der Waals surface area contributed by atoms with Crippen LogP contribution >= 0.6 is 0 Å². The van der Waals surface area contributed by atoms with E-state index in [-0.39, 0.29) is 44.0 Å². The average Bonchev–Trinajstić information content (AvgIpc) is 3.39. The number of carbonyl (C=O) groups excluding carboxylic acids is 3. The smallest absolute Gasteiger partial charge is 0.306 e. The maximum absolute atomic E-state index is 12.9. The second-order valence-corrected chi connectivity index (χ2v) is 19.2. The Morgan fingerprint density at radius 3 is 0.849 bits per heavy atom. The van der Waals surface area contributed by atoms with E-state index in [2.05, 4.69) is 154 Å². The molecule has 0 aliphatic carbocycles. The third kappa shape index (κ3) is 58.3. The Labute approximate surface area is 449 Å². The summed E-state index contributed by atoms with van der Waals surface area (Å²) in [7, 11) is 0. The zero-order valence-corrected chi connectivity index (χ0v) is 47.1. The molecule has 0 unspecified atom stereocenters. The third-order valence-electron chi connectivity index (χ3n) is 12.1. The van der Waals surface area contributed by atoms with Crippen molar-refractivity contribution in [2.75, 3.05) is 13.2 Å². The van der Waals surface area contributed by atoms with Crippen LogP contribution in [0.3, 0.4) is 0 Å². The maximum Gasteiger partial charge on any atom is 0.306 e. The van der Waals surface area contributed by atoms with Gasteiger partial charge < -0.3 is 14.2 Å². The second kappa shape index (κ2) is 60.1. The second-order valence-electron chi connectivity index (χ2n) is 19.2. The number of hydrogen-bond acceptors (Lipinski definition) is 6. The lowest BCUT2D eigenvalue weighted by molar-refractivity contribution is -0.167. The van der Waals surface area contributed by atoms with Crippen LogP contribution < -0.4 is 0 Å². The van der Waals surface area contributed by atoms with Gasteiger partial charge in [-0.25, -0.2) is 0 Å². The van der Waals surface area contributed by atoms with Crippen molar-refractivity contribution in [1.29, 1.82) is 0 Å². The maximum atomic E-state index is 12.9. The standard InChI is InChI=1S/C67H108O6/c1-4-7-10-13-16-19-22-25-28-31-33-36-39-42-45-48-51-54-57-60-66(69)72-63-64(62-71-65(68)59-56-53-50-47-44-41-38-35-30-27-24-21-18-15-12-9-6-3)73-67(70)61-58-55-52-49-46-43-40-37-34-32-29-26-23-20-17-14-11-8-5-2/h16-17,19-20,25-30,33-34,36-38,41-43,45-47,50,64H,4-15,18,21-24,31-32,35,39-40,44,48-49,51-63H2,1-3H3/b19-16-,20-17-,28-25-,29-26-,30-27-,36-33-,37-34-,41-38-,45-42-,46-43-,50-47-/t64-/m0/s1. The molecule has 0 aromatic rings. The fourth-order valence-corrected chi connectivity index (χ4v) is 7.60. The van der Waals surface area contributed by atoms with E-state index >= 15 is 0 Å². The summed E-state index contributed by atoms with van der Waals surface area (Å²) in [5.41, 5.74) is 0. The molecule has 6 heteroatoms. The normalized spacial score (nSPS) is 13.1. The van der Waals surface area contributed by atoms with Crippen molar-refractivity contribution < 1.29 is 28.6 Å². The van der Waals surface area contributed by atoms with Crippen LogP contribution in [0.2, 0.25) is 0 Å². The molecule has 0 bridgehead atoms. The molecule has 0 saturated heterocycles. The van der Waals surface area contributed by atoms with Gasteiger partial charge in [0.1, 0.15) is 13.2 Å². The Balaban J connectivity index is 4.61. The zero-order valence-electron chi connectivity index (χ0n) is 47.1. The Hall–Kier alpha value is -4.45. The molecular formula is C67H108O6. The van der Waals surface area contributed by atoms with Crippen LogP contribution in [0.25, 0.3) is 0 Å². The van der Waals surface area contributed by atoms with Crippen molar-refractivity contribution in [3.8, 4) is 0 Å². The molecule has 0 aliphatic heterocycles. The molecule has 0 aromatic carbocycles. The van der Waals surface area contributed by atoms with Gasteiger partial charge in [-0.2, -0.15) is 0 Å². The molecule has 73 heavy (non-hydrogen) atoms. The number of unbranched alkanes of at least 4 members (excludes halogenated alkanes) is 19. The summed E-state index contributed by atoms with van der Waals surface area (Å²) < 4.78 is 16.8. The Morgan fingerprint density at radius 1 is 0.274 bits per heavy atom. The molecule has 412 valence electrons. The summed E-state index contributed by atoms with van der Waals surface area (Å²) in [5.74, 6) is -1.04. The molecule has 0 heterocycles. The molecule has 0 radical (unpaired) electrons. The van der Waals surface area contributed by atoms with Gasteiger partial charge in [0, 0.05) is 19.3 Å². The van der Waals surface area contributed by atoms with E-state index in [4.69, 9.17) is 14.2 Å². The van der Waals surface area contributed by atoms with Gasteiger partial charge in [0.05, 0.1) is 0 Å². The highest BCUT2D eigenvalue weighted by molar-refractivity contribution is 5.71. The SMILES string of the molecule is CCCCC/C=C\C/C=C\C/C=C\C/C=C\CCCCCC(=O)OC[C@H](COC(=O)CCC/C=C\C/C=C\C/C=C\CCCCCCCC)OC(=O)CCCCC/C=C\C/C=C\C/C=C\C/C=C\CCCCC. The molecular weight excluding hydrogens is 901 g/mol. The lowest BCUT2D eigenvalue weighted by Gasteiger charge is -2.18. The molecule has 0 aliphatic rings. The summed E-state index contributed by atoms with van der Waals surface area (Å²) >= 11 is 0. The lowest BCUT2D eigenvalue weighted by Crippen LogP contribution is -2.30. The van der Waals surface area contributed by atoms with Gasteiger partial charge in [0.2, 0.25) is 0 Å². The van der Waals surface area contributed by atoms with E-state index in [1.165, 1.54) is 96.3 Å². The molecule has 0 rings (SSSR count). The fraction of sp³-hybridized carbons (Fsp3) is 0.627. The first-order chi connectivity index (χ1) is 36.0. The van der Waals surface area contributed by atoms with Crippen LogP contribution in [0.1, 0.15) is 252 Å². The number of allylic oxidation sites excluding steroid dienone is 22. The number of esters is 3. The minimum atomic E-state index is -0.835. The first-order valence-electron chi connectivity index (χ1n) is 29.7. The molecule has 0 aromatic heterocycles. The van der Waals surface area contributed by atoms with Crippen molar-refractivity contribution in [2.45, 2.75) is 258 Å². The molecule has 0 amide bonds. The number of ether oxygens (including phenoxy) is 3. The van der Waals surface area contributed by atoms with Crippen LogP contribution in [0, 0.1) is 0 Å². The van der Waals surface area contributed by atoms with Gasteiger partial charge in [-0.3, -0.25) is 14.4 Å². The first kappa shape index (κ1) is 68.6. The Bertz CT molecular complexity index is 1580.